The van der Waals surface area contributed by atoms with E-state index in [1.165, 1.54) is 7.05 Å². The van der Waals surface area contributed by atoms with E-state index in [0.717, 1.165) is 12.1 Å². The van der Waals surface area contributed by atoms with Crippen molar-refractivity contribution in [3.63, 3.8) is 0 Å². The molecular weight excluding hydrogens is 243 g/mol. The Morgan fingerprint density at radius 1 is 1.11 bits per heavy atom. The maximum atomic E-state index is 12.7. The van der Waals surface area contributed by atoms with Crippen LogP contribution in [0.25, 0.3) is 0 Å². The summed E-state index contributed by atoms with van der Waals surface area (Å²) < 4.78 is 38.1. The van der Waals surface area contributed by atoms with Gasteiger partial charge in [-0.25, -0.2) is 4.98 Å². The van der Waals surface area contributed by atoms with E-state index >= 15 is 0 Å². The molecule has 6 heteroatoms. The lowest BCUT2D eigenvalue weighted by molar-refractivity contribution is -0.137. The van der Waals surface area contributed by atoms with Gasteiger partial charge in [-0.05, 0) is 25.0 Å². The second-order valence-corrected chi connectivity index (χ2v) is 4.55. The summed E-state index contributed by atoms with van der Waals surface area (Å²) in [6.07, 6.45) is -4.37. The van der Waals surface area contributed by atoms with Crippen LogP contribution in [0.15, 0.2) is 12.1 Å². The SMILES string of the molecule is CNc1cc(C(F)(F)F)cc(NC(C)C(C)C)n1. The van der Waals surface area contributed by atoms with Gasteiger partial charge < -0.3 is 10.6 Å². The van der Waals surface area contributed by atoms with Crippen LogP contribution in [0.2, 0.25) is 0 Å². The number of alkyl halides is 3. The van der Waals surface area contributed by atoms with Gasteiger partial charge in [0.05, 0.1) is 5.56 Å². The zero-order valence-electron chi connectivity index (χ0n) is 10.9. The average molecular weight is 261 g/mol. The molecule has 0 aliphatic carbocycles. The van der Waals surface area contributed by atoms with Gasteiger partial charge in [0.15, 0.2) is 0 Å². The number of aromatic nitrogens is 1. The molecule has 1 unspecified atom stereocenters. The molecule has 0 saturated heterocycles. The van der Waals surface area contributed by atoms with Crippen molar-refractivity contribution < 1.29 is 13.2 Å². The highest BCUT2D eigenvalue weighted by molar-refractivity contribution is 5.49. The molecule has 0 aliphatic heterocycles. The zero-order chi connectivity index (χ0) is 13.9. The fraction of sp³-hybridized carbons (Fsp3) is 0.583. The van der Waals surface area contributed by atoms with E-state index in [9.17, 15) is 13.2 Å². The third-order valence-electron chi connectivity index (χ3n) is 2.78. The van der Waals surface area contributed by atoms with Gasteiger partial charge >= 0.3 is 6.18 Å². The summed E-state index contributed by atoms with van der Waals surface area (Å²) in [7, 11) is 1.54. The number of pyridine rings is 1. The molecule has 1 aromatic heterocycles. The van der Waals surface area contributed by atoms with Crippen molar-refractivity contribution in [2.75, 3.05) is 17.7 Å². The molecule has 1 rings (SSSR count). The molecule has 3 nitrogen and oxygen atoms in total. The van der Waals surface area contributed by atoms with E-state index in [-0.39, 0.29) is 17.7 Å². The molecule has 0 spiro atoms. The smallest absolute Gasteiger partial charge is 0.373 e. The third kappa shape index (κ3) is 3.78. The van der Waals surface area contributed by atoms with Crippen molar-refractivity contribution in [3.8, 4) is 0 Å². The first kappa shape index (κ1) is 14.6. The molecule has 0 radical (unpaired) electrons. The molecule has 0 fully saturated rings. The minimum Gasteiger partial charge on any atom is -0.373 e. The number of rotatable bonds is 4. The van der Waals surface area contributed by atoms with Gasteiger partial charge in [0.1, 0.15) is 11.6 Å². The van der Waals surface area contributed by atoms with Crippen LogP contribution >= 0.6 is 0 Å². The summed E-state index contributed by atoms with van der Waals surface area (Å²) in [4.78, 5) is 4.07. The van der Waals surface area contributed by atoms with Crippen LogP contribution < -0.4 is 10.6 Å². The van der Waals surface area contributed by atoms with E-state index in [1.54, 1.807) is 0 Å². The van der Waals surface area contributed by atoms with Crippen molar-refractivity contribution in [1.29, 1.82) is 0 Å². The van der Waals surface area contributed by atoms with Gasteiger partial charge in [0, 0.05) is 13.1 Å². The minimum atomic E-state index is -4.37. The van der Waals surface area contributed by atoms with Crippen LogP contribution in [0.5, 0.6) is 0 Å². The normalized spacial score (nSPS) is 13.6. The van der Waals surface area contributed by atoms with E-state index in [0.29, 0.717) is 5.92 Å². The van der Waals surface area contributed by atoms with Crippen LogP contribution in [0, 0.1) is 5.92 Å². The second kappa shape index (κ2) is 5.46. The Bertz CT molecular complexity index is 402. The summed E-state index contributed by atoms with van der Waals surface area (Å²) in [5.41, 5.74) is -0.708. The van der Waals surface area contributed by atoms with Gasteiger partial charge in [0.25, 0.3) is 0 Å². The largest absolute Gasteiger partial charge is 0.416 e. The van der Waals surface area contributed by atoms with Crippen molar-refractivity contribution >= 4 is 11.6 Å². The number of nitrogens with one attached hydrogen (secondary N) is 2. The highest BCUT2D eigenvalue weighted by atomic mass is 19.4. The van der Waals surface area contributed by atoms with Crippen molar-refractivity contribution in [1.82, 2.24) is 4.98 Å². The molecule has 0 bridgehead atoms. The maximum absolute atomic E-state index is 12.7. The summed E-state index contributed by atoms with van der Waals surface area (Å²) >= 11 is 0. The van der Waals surface area contributed by atoms with Crippen molar-refractivity contribution in [2.24, 2.45) is 5.92 Å². The first-order valence-corrected chi connectivity index (χ1v) is 5.77. The minimum absolute atomic E-state index is 0.0469. The Labute approximate surface area is 105 Å². The number of anilines is 2. The fourth-order valence-corrected chi connectivity index (χ4v) is 1.30. The molecule has 0 aliphatic rings. The van der Waals surface area contributed by atoms with Gasteiger partial charge in [-0.15, -0.1) is 0 Å². The van der Waals surface area contributed by atoms with Crippen LogP contribution in [0.1, 0.15) is 26.3 Å². The molecule has 0 aromatic carbocycles. The molecule has 0 amide bonds. The highest BCUT2D eigenvalue weighted by Crippen LogP contribution is 2.32. The van der Waals surface area contributed by atoms with Gasteiger partial charge in [-0.2, -0.15) is 13.2 Å². The molecule has 0 saturated carbocycles. The van der Waals surface area contributed by atoms with E-state index in [4.69, 9.17) is 0 Å². The lowest BCUT2D eigenvalue weighted by atomic mass is 10.1. The van der Waals surface area contributed by atoms with Crippen molar-refractivity contribution in [2.45, 2.75) is 33.0 Å². The van der Waals surface area contributed by atoms with E-state index < -0.39 is 11.7 Å². The lowest BCUT2D eigenvalue weighted by Gasteiger charge is -2.19. The molecule has 1 aromatic rings. The summed E-state index contributed by atoms with van der Waals surface area (Å²) in [6.45, 7) is 5.89. The number of hydrogen-bond acceptors (Lipinski definition) is 3. The van der Waals surface area contributed by atoms with Gasteiger partial charge in [-0.1, -0.05) is 13.8 Å². The molecule has 102 valence electrons. The third-order valence-corrected chi connectivity index (χ3v) is 2.78. The lowest BCUT2D eigenvalue weighted by Crippen LogP contribution is -2.22. The predicted octanol–water partition coefficient (Wildman–Crippen LogP) is 3.60. The Morgan fingerprint density at radius 3 is 2.11 bits per heavy atom. The summed E-state index contributed by atoms with van der Waals surface area (Å²) in [5.74, 6) is 0.734. The summed E-state index contributed by atoms with van der Waals surface area (Å²) in [5, 5.41) is 5.61. The monoisotopic (exact) mass is 261 g/mol. The maximum Gasteiger partial charge on any atom is 0.416 e. The van der Waals surface area contributed by atoms with Crippen molar-refractivity contribution in [3.05, 3.63) is 17.7 Å². The number of hydrogen-bond donors (Lipinski definition) is 2. The number of nitrogens with zero attached hydrogens (tertiary/aromatic N) is 1. The number of halogens is 3. The van der Waals surface area contributed by atoms with E-state index in [2.05, 4.69) is 15.6 Å². The molecule has 2 N–H and O–H groups in total. The summed E-state index contributed by atoms with van der Waals surface area (Å²) in [6, 6.07) is 2.07. The predicted molar refractivity (Wildman–Crippen MR) is 66.7 cm³/mol. The van der Waals surface area contributed by atoms with Crippen LogP contribution in [-0.4, -0.2) is 18.1 Å². The molecular formula is C12H18F3N3. The quantitative estimate of drug-likeness (QED) is 0.869. The zero-order valence-corrected chi connectivity index (χ0v) is 10.9. The second-order valence-electron chi connectivity index (χ2n) is 4.55. The molecule has 18 heavy (non-hydrogen) atoms. The van der Waals surface area contributed by atoms with Crippen LogP contribution in [0.3, 0.4) is 0 Å². The van der Waals surface area contributed by atoms with Crippen LogP contribution in [-0.2, 0) is 6.18 Å². The Morgan fingerprint density at radius 2 is 1.67 bits per heavy atom. The van der Waals surface area contributed by atoms with Gasteiger partial charge in [0.2, 0.25) is 0 Å². The topological polar surface area (TPSA) is 37.0 Å². The van der Waals surface area contributed by atoms with E-state index in [1.807, 2.05) is 20.8 Å². The average Bonchev–Trinajstić information content (AvgIpc) is 2.27. The Kier molecular flexibility index (Phi) is 4.43. The fourth-order valence-electron chi connectivity index (χ4n) is 1.30. The first-order chi connectivity index (χ1) is 8.24. The molecule has 1 heterocycles. The van der Waals surface area contributed by atoms with Crippen LogP contribution in [0.4, 0.5) is 24.8 Å². The Hall–Kier alpha value is -1.46. The Balaban J connectivity index is 3.05. The highest BCUT2D eigenvalue weighted by Gasteiger charge is 2.31. The van der Waals surface area contributed by atoms with Gasteiger partial charge in [-0.3, -0.25) is 0 Å². The standard InChI is InChI=1S/C12H18F3N3/c1-7(2)8(3)17-11-6-9(12(13,14)15)5-10(16-4)18-11/h5-8H,1-4H3,(H2,16,17,18). The molecule has 1 atom stereocenters. The first-order valence-electron chi connectivity index (χ1n) is 5.77.